The second kappa shape index (κ2) is 7.56. The Morgan fingerprint density at radius 1 is 1.20 bits per heavy atom. The molecule has 0 spiro atoms. The molecule has 0 saturated heterocycles. The van der Waals surface area contributed by atoms with Crippen LogP contribution in [0.25, 0.3) is 0 Å². The van der Waals surface area contributed by atoms with Gasteiger partial charge in [0.05, 0.1) is 30.9 Å². The smallest absolute Gasteiger partial charge is 0.307 e. The molecule has 0 bridgehead atoms. The third-order valence-corrected chi connectivity index (χ3v) is 4.44. The Morgan fingerprint density at radius 2 is 1.84 bits per heavy atom. The van der Waals surface area contributed by atoms with Crippen molar-refractivity contribution in [2.24, 2.45) is 11.8 Å². The fraction of sp³-hybridized carbons (Fsp3) is 0.375. The summed E-state index contributed by atoms with van der Waals surface area (Å²) in [7, 11) is -2.13. The number of rotatable bonds is 6. The minimum atomic E-state index is -3.53. The predicted octanol–water partition coefficient (Wildman–Crippen LogP) is 1.67. The fourth-order valence-corrected chi connectivity index (χ4v) is 3.24. The maximum atomic E-state index is 12.5. The van der Waals surface area contributed by atoms with Gasteiger partial charge in [0, 0.05) is 5.69 Å². The summed E-state index contributed by atoms with van der Waals surface area (Å²) >= 11 is 0. The van der Waals surface area contributed by atoms with E-state index in [0.29, 0.717) is 24.3 Å². The average molecular weight is 368 g/mol. The van der Waals surface area contributed by atoms with Crippen LogP contribution in [-0.4, -0.2) is 38.8 Å². The van der Waals surface area contributed by atoms with Gasteiger partial charge in [-0.1, -0.05) is 12.2 Å². The highest BCUT2D eigenvalue weighted by Crippen LogP contribution is 2.31. The van der Waals surface area contributed by atoms with E-state index in [1.54, 1.807) is 18.2 Å². The molecule has 2 rings (SSSR count). The Bertz CT molecular complexity index is 803. The molecule has 0 saturated carbocycles. The Labute approximate surface area is 145 Å². The van der Waals surface area contributed by atoms with E-state index < -0.39 is 33.7 Å². The molecule has 1 aromatic rings. The Hall–Kier alpha value is -2.55. The summed E-state index contributed by atoms with van der Waals surface area (Å²) in [4.78, 5) is 23.8. The van der Waals surface area contributed by atoms with Gasteiger partial charge in [0.1, 0.15) is 5.75 Å². The van der Waals surface area contributed by atoms with Crippen molar-refractivity contribution in [3.8, 4) is 5.75 Å². The number of hydrogen-bond donors (Lipinski definition) is 3. The van der Waals surface area contributed by atoms with Gasteiger partial charge in [-0.15, -0.1) is 0 Å². The van der Waals surface area contributed by atoms with Crippen molar-refractivity contribution >= 4 is 33.3 Å². The van der Waals surface area contributed by atoms with Crippen molar-refractivity contribution < 1.29 is 27.9 Å². The van der Waals surface area contributed by atoms with Crippen molar-refractivity contribution in [1.82, 2.24) is 0 Å². The number of carbonyl (C=O) groups is 2. The lowest BCUT2D eigenvalue weighted by Gasteiger charge is -2.24. The summed E-state index contributed by atoms with van der Waals surface area (Å²) in [6.07, 6.45) is 5.19. The number of nitrogens with one attached hydrogen (secondary N) is 2. The number of ether oxygens (including phenoxy) is 1. The first-order valence-corrected chi connectivity index (χ1v) is 9.45. The summed E-state index contributed by atoms with van der Waals surface area (Å²) < 4.78 is 30.3. The second-order valence-electron chi connectivity index (χ2n) is 5.77. The Morgan fingerprint density at radius 3 is 2.40 bits per heavy atom. The molecule has 0 aromatic heterocycles. The van der Waals surface area contributed by atoms with Crippen LogP contribution in [0.5, 0.6) is 5.75 Å². The molecule has 2 atom stereocenters. The first kappa shape index (κ1) is 18.8. The number of hydrogen-bond acceptors (Lipinski definition) is 5. The van der Waals surface area contributed by atoms with E-state index in [9.17, 15) is 23.1 Å². The number of benzene rings is 1. The molecule has 1 aliphatic rings. The molecule has 1 aliphatic carbocycles. The standard InChI is InChI=1S/C16H20N2O6S/c1-24-14-8-7-10(9-13(14)18-25(2,22)23)17-15(19)11-5-3-4-6-12(11)16(20)21/h3-4,7-9,11-12,18H,5-6H2,1-2H3,(H,17,19)(H,20,21)/t11-,12+/m0/s1. The third kappa shape index (κ3) is 4.96. The van der Waals surface area contributed by atoms with Crippen molar-refractivity contribution in [2.45, 2.75) is 12.8 Å². The number of methoxy groups -OCH3 is 1. The van der Waals surface area contributed by atoms with Crippen LogP contribution in [0.3, 0.4) is 0 Å². The Balaban J connectivity index is 2.21. The molecular weight excluding hydrogens is 348 g/mol. The summed E-state index contributed by atoms with van der Waals surface area (Å²) in [5.41, 5.74) is 0.525. The van der Waals surface area contributed by atoms with Crippen LogP contribution < -0.4 is 14.8 Å². The van der Waals surface area contributed by atoms with E-state index in [4.69, 9.17) is 4.74 Å². The van der Waals surface area contributed by atoms with Gasteiger partial charge in [-0.05, 0) is 31.0 Å². The van der Waals surface area contributed by atoms with Crippen LogP contribution in [0.1, 0.15) is 12.8 Å². The maximum absolute atomic E-state index is 12.5. The van der Waals surface area contributed by atoms with Gasteiger partial charge in [0.15, 0.2) is 0 Å². The van der Waals surface area contributed by atoms with Gasteiger partial charge in [0.2, 0.25) is 15.9 Å². The molecule has 0 radical (unpaired) electrons. The third-order valence-electron chi connectivity index (χ3n) is 3.85. The first-order valence-electron chi connectivity index (χ1n) is 7.55. The van der Waals surface area contributed by atoms with Gasteiger partial charge in [-0.3, -0.25) is 14.3 Å². The lowest BCUT2D eigenvalue weighted by Crippen LogP contribution is -2.34. The van der Waals surface area contributed by atoms with Gasteiger partial charge in [-0.2, -0.15) is 0 Å². The molecule has 8 nitrogen and oxygen atoms in total. The molecule has 0 heterocycles. The zero-order valence-electron chi connectivity index (χ0n) is 13.9. The monoisotopic (exact) mass is 368 g/mol. The number of aliphatic carboxylic acids is 1. The normalized spacial score (nSPS) is 19.9. The zero-order valence-corrected chi connectivity index (χ0v) is 14.7. The molecule has 25 heavy (non-hydrogen) atoms. The Kier molecular flexibility index (Phi) is 5.68. The van der Waals surface area contributed by atoms with Gasteiger partial charge in [-0.25, -0.2) is 8.42 Å². The van der Waals surface area contributed by atoms with E-state index in [-0.39, 0.29) is 5.69 Å². The number of allylic oxidation sites excluding steroid dienone is 2. The maximum Gasteiger partial charge on any atom is 0.307 e. The summed E-state index contributed by atoms with van der Waals surface area (Å²) in [5.74, 6) is -2.61. The molecule has 9 heteroatoms. The molecule has 1 aromatic carbocycles. The molecule has 1 amide bonds. The lowest BCUT2D eigenvalue weighted by atomic mass is 9.82. The zero-order chi connectivity index (χ0) is 18.6. The second-order valence-corrected chi connectivity index (χ2v) is 7.52. The topological polar surface area (TPSA) is 122 Å². The van der Waals surface area contributed by atoms with Crippen LogP contribution in [0.4, 0.5) is 11.4 Å². The van der Waals surface area contributed by atoms with Gasteiger partial charge >= 0.3 is 5.97 Å². The molecule has 0 fully saturated rings. The molecule has 136 valence electrons. The number of carboxylic acids is 1. The molecular formula is C16H20N2O6S. The highest BCUT2D eigenvalue weighted by atomic mass is 32.2. The highest BCUT2D eigenvalue weighted by molar-refractivity contribution is 7.92. The van der Waals surface area contributed by atoms with Crippen LogP contribution >= 0.6 is 0 Å². The van der Waals surface area contributed by atoms with E-state index >= 15 is 0 Å². The quantitative estimate of drug-likeness (QED) is 0.657. The first-order chi connectivity index (χ1) is 11.7. The van der Waals surface area contributed by atoms with Crippen molar-refractivity contribution in [1.29, 1.82) is 0 Å². The summed E-state index contributed by atoms with van der Waals surface area (Å²) in [6, 6.07) is 4.49. The number of amides is 1. The molecule has 3 N–H and O–H groups in total. The number of carboxylic acid groups (broad SMARTS) is 1. The summed E-state index contributed by atoms with van der Waals surface area (Å²) in [6.45, 7) is 0. The number of anilines is 2. The van der Waals surface area contributed by atoms with E-state index in [2.05, 4.69) is 10.0 Å². The van der Waals surface area contributed by atoms with Crippen molar-refractivity contribution in [3.05, 3.63) is 30.4 Å². The van der Waals surface area contributed by atoms with E-state index in [1.807, 2.05) is 0 Å². The number of carbonyl (C=O) groups excluding carboxylic acids is 1. The van der Waals surface area contributed by atoms with Gasteiger partial charge < -0.3 is 15.2 Å². The van der Waals surface area contributed by atoms with Crippen molar-refractivity contribution in [3.63, 3.8) is 0 Å². The van der Waals surface area contributed by atoms with Gasteiger partial charge in [0.25, 0.3) is 0 Å². The number of sulfonamides is 1. The molecule has 0 aliphatic heterocycles. The fourth-order valence-electron chi connectivity index (χ4n) is 2.68. The minimum Gasteiger partial charge on any atom is -0.495 e. The minimum absolute atomic E-state index is 0.182. The van der Waals surface area contributed by atoms with E-state index in [1.165, 1.54) is 19.2 Å². The van der Waals surface area contributed by atoms with Crippen LogP contribution in [0.2, 0.25) is 0 Å². The lowest BCUT2D eigenvalue weighted by molar-refractivity contribution is -0.146. The highest BCUT2D eigenvalue weighted by Gasteiger charge is 2.34. The van der Waals surface area contributed by atoms with Crippen LogP contribution in [0.15, 0.2) is 30.4 Å². The van der Waals surface area contributed by atoms with Crippen molar-refractivity contribution in [2.75, 3.05) is 23.4 Å². The summed E-state index contributed by atoms with van der Waals surface area (Å²) in [5, 5.41) is 11.9. The SMILES string of the molecule is COc1ccc(NC(=O)[C@H]2CC=CC[C@H]2C(=O)O)cc1NS(C)(=O)=O. The van der Waals surface area contributed by atoms with Crippen LogP contribution in [0, 0.1) is 11.8 Å². The van der Waals surface area contributed by atoms with Crippen LogP contribution in [-0.2, 0) is 19.6 Å². The largest absolute Gasteiger partial charge is 0.495 e. The average Bonchev–Trinajstić information content (AvgIpc) is 2.53. The predicted molar refractivity (Wildman–Crippen MR) is 93.1 cm³/mol. The van der Waals surface area contributed by atoms with E-state index in [0.717, 1.165) is 6.26 Å². The molecule has 0 unspecified atom stereocenters.